The summed E-state index contributed by atoms with van der Waals surface area (Å²) in [5, 5.41) is 1.02. The van der Waals surface area contributed by atoms with E-state index in [1.807, 2.05) is 6.07 Å². The maximum atomic E-state index is 13.1. The van der Waals surface area contributed by atoms with Crippen molar-refractivity contribution in [3.8, 4) is 0 Å². The number of sulfonamides is 1. The minimum absolute atomic E-state index is 0. The molecule has 1 aliphatic heterocycles. The van der Waals surface area contributed by atoms with Crippen molar-refractivity contribution in [1.82, 2.24) is 9.29 Å². The van der Waals surface area contributed by atoms with Crippen molar-refractivity contribution in [2.75, 3.05) is 13.1 Å². The highest BCUT2D eigenvalue weighted by Crippen LogP contribution is 2.33. The molecule has 2 N–H and O–H groups in total. The number of benzene rings is 1. The van der Waals surface area contributed by atoms with E-state index in [-0.39, 0.29) is 23.9 Å². The molecule has 1 atom stereocenters. The molecule has 25 heavy (non-hydrogen) atoms. The van der Waals surface area contributed by atoms with Crippen LogP contribution >= 0.6 is 23.7 Å². The van der Waals surface area contributed by atoms with Gasteiger partial charge in [0.2, 0.25) is 10.0 Å². The fraction of sp³-hybridized carbons (Fsp3) is 0.588. The van der Waals surface area contributed by atoms with Gasteiger partial charge in [0.1, 0.15) is 0 Å². The molecule has 0 aliphatic carbocycles. The van der Waals surface area contributed by atoms with Crippen molar-refractivity contribution in [1.29, 1.82) is 0 Å². The van der Waals surface area contributed by atoms with E-state index in [0.29, 0.717) is 18.0 Å². The Morgan fingerprint density at radius 3 is 2.68 bits per heavy atom. The zero-order valence-electron chi connectivity index (χ0n) is 14.9. The number of hydrogen-bond donors (Lipinski definition) is 1. The van der Waals surface area contributed by atoms with E-state index in [1.54, 1.807) is 27.8 Å². The van der Waals surface area contributed by atoms with Crippen LogP contribution in [-0.2, 0) is 15.4 Å². The number of fused-ring (bicyclic) bond motifs is 1. The van der Waals surface area contributed by atoms with Gasteiger partial charge in [-0.05, 0) is 31.0 Å². The van der Waals surface area contributed by atoms with Gasteiger partial charge in [-0.25, -0.2) is 13.4 Å². The second-order valence-corrected chi connectivity index (χ2v) is 10.3. The van der Waals surface area contributed by atoms with Crippen molar-refractivity contribution < 1.29 is 8.42 Å². The lowest BCUT2D eigenvalue weighted by atomic mass is 9.98. The first-order valence-electron chi connectivity index (χ1n) is 8.36. The molecular formula is C17H26ClN3O2S2. The van der Waals surface area contributed by atoms with Crippen LogP contribution < -0.4 is 5.73 Å². The highest BCUT2D eigenvalue weighted by atomic mass is 35.5. The van der Waals surface area contributed by atoms with Crippen LogP contribution in [0.4, 0.5) is 0 Å². The Bertz CT molecular complexity index is 843. The highest BCUT2D eigenvalue weighted by Gasteiger charge is 2.33. The van der Waals surface area contributed by atoms with Crippen molar-refractivity contribution in [2.45, 2.75) is 56.4 Å². The molecule has 0 amide bonds. The van der Waals surface area contributed by atoms with Gasteiger partial charge < -0.3 is 5.73 Å². The molecule has 140 valence electrons. The molecule has 8 heteroatoms. The predicted octanol–water partition coefficient (Wildman–Crippen LogP) is 3.52. The molecular weight excluding hydrogens is 378 g/mol. The number of rotatable bonds is 3. The lowest BCUT2D eigenvalue weighted by molar-refractivity contribution is 0.257. The Morgan fingerprint density at radius 1 is 1.32 bits per heavy atom. The minimum atomic E-state index is -3.51. The number of hydrogen-bond acceptors (Lipinski definition) is 5. The average Bonchev–Trinajstić information content (AvgIpc) is 2.98. The lowest BCUT2D eigenvalue weighted by Crippen LogP contribution is -2.47. The summed E-state index contributed by atoms with van der Waals surface area (Å²) in [6.45, 7) is 7.26. The molecule has 2 heterocycles. The van der Waals surface area contributed by atoms with Gasteiger partial charge in [0.05, 0.1) is 20.1 Å². The van der Waals surface area contributed by atoms with Crippen LogP contribution in [0.25, 0.3) is 10.2 Å². The van der Waals surface area contributed by atoms with Gasteiger partial charge in [-0.1, -0.05) is 27.2 Å². The molecule has 0 saturated carbocycles. The molecule has 1 aliphatic rings. The van der Waals surface area contributed by atoms with E-state index in [1.165, 1.54) is 0 Å². The first-order chi connectivity index (χ1) is 11.2. The topological polar surface area (TPSA) is 76.3 Å². The number of piperidine rings is 1. The SMILES string of the molecule is CC(C)(C)c1nc2ccc(S(=O)(=O)N3CCCCC3CN)cc2s1.Cl. The third kappa shape index (κ3) is 4.01. The number of nitrogens with two attached hydrogens (primary N) is 1. The number of thiazole rings is 1. The van der Waals surface area contributed by atoms with Gasteiger partial charge in [0, 0.05) is 24.5 Å². The van der Waals surface area contributed by atoms with Crippen LogP contribution in [0.2, 0.25) is 0 Å². The van der Waals surface area contributed by atoms with Crippen LogP contribution in [0.3, 0.4) is 0 Å². The minimum Gasteiger partial charge on any atom is -0.329 e. The zero-order chi connectivity index (χ0) is 17.5. The Labute approximate surface area is 160 Å². The van der Waals surface area contributed by atoms with Crippen molar-refractivity contribution in [2.24, 2.45) is 5.73 Å². The van der Waals surface area contributed by atoms with E-state index < -0.39 is 10.0 Å². The first-order valence-corrected chi connectivity index (χ1v) is 10.6. The van der Waals surface area contributed by atoms with E-state index >= 15 is 0 Å². The predicted molar refractivity (Wildman–Crippen MR) is 106 cm³/mol. The van der Waals surface area contributed by atoms with Gasteiger partial charge >= 0.3 is 0 Å². The summed E-state index contributed by atoms with van der Waals surface area (Å²) in [7, 11) is -3.51. The van der Waals surface area contributed by atoms with Gasteiger partial charge in [0.25, 0.3) is 0 Å². The van der Waals surface area contributed by atoms with Gasteiger partial charge in [-0.3, -0.25) is 0 Å². The van der Waals surface area contributed by atoms with Gasteiger partial charge in [-0.15, -0.1) is 23.7 Å². The summed E-state index contributed by atoms with van der Waals surface area (Å²) in [4.78, 5) is 4.99. The second kappa shape index (κ2) is 7.48. The number of halogens is 1. The van der Waals surface area contributed by atoms with Crippen LogP contribution in [0.1, 0.15) is 45.0 Å². The first kappa shape index (κ1) is 20.6. The summed E-state index contributed by atoms with van der Waals surface area (Å²) in [6.07, 6.45) is 2.77. The molecule has 1 fully saturated rings. The molecule has 2 aromatic rings. The Hall–Kier alpha value is -0.730. The molecule has 1 aromatic heterocycles. The third-order valence-electron chi connectivity index (χ3n) is 4.45. The fourth-order valence-corrected chi connectivity index (χ4v) is 5.92. The molecule has 5 nitrogen and oxygen atoms in total. The van der Waals surface area contributed by atoms with E-state index in [0.717, 1.165) is 34.5 Å². The zero-order valence-corrected chi connectivity index (χ0v) is 17.3. The summed E-state index contributed by atoms with van der Waals surface area (Å²) in [5.41, 5.74) is 6.61. The van der Waals surface area contributed by atoms with Crippen LogP contribution in [0.5, 0.6) is 0 Å². The van der Waals surface area contributed by atoms with Gasteiger partial charge in [0.15, 0.2) is 0 Å². The van der Waals surface area contributed by atoms with E-state index in [2.05, 4.69) is 25.8 Å². The average molecular weight is 404 g/mol. The van der Waals surface area contributed by atoms with Crippen molar-refractivity contribution >= 4 is 44.0 Å². The Balaban J connectivity index is 0.00000225. The number of aromatic nitrogens is 1. The summed E-state index contributed by atoms with van der Waals surface area (Å²) >= 11 is 1.57. The van der Waals surface area contributed by atoms with Crippen LogP contribution in [0.15, 0.2) is 23.1 Å². The third-order valence-corrected chi connectivity index (χ3v) is 7.85. The molecule has 1 aromatic carbocycles. The summed E-state index contributed by atoms with van der Waals surface area (Å²) < 4.78 is 28.6. The van der Waals surface area contributed by atoms with E-state index in [4.69, 9.17) is 5.73 Å². The normalized spacial score (nSPS) is 19.8. The highest BCUT2D eigenvalue weighted by molar-refractivity contribution is 7.89. The molecule has 0 bridgehead atoms. The van der Waals surface area contributed by atoms with Crippen molar-refractivity contribution in [3.63, 3.8) is 0 Å². The fourth-order valence-electron chi connectivity index (χ4n) is 3.05. The van der Waals surface area contributed by atoms with Crippen molar-refractivity contribution in [3.05, 3.63) is 23.2 Å². The molecule has 0 radical (unpaired) electrons. The summed E-state index contributed by atoms with van der Waals surface area (Å²) in [6, 6.07) is 5.16. The smallest absolute Gasteiger partial charge is 0.243 e. The standard InChI is InChI=1S/C17H25N3O2S2.ClH/c1-17(2,3)16-19-14-8-7-13(10-15(14)23-16)24(21,22)20-9-5-4-6-12(20)11-18;/h7-8,10,12H,4-6,9,11,18H2,1-3H3;1H. The van der Waals surface area contributed by atoms with Crippen LogP contribution in [0, 0.1) is 0 Å². The molecule has 0 spiro atoms. The maximum Gasteiger partial charge on any atom is 0.243 e. The lowest BCUT2D eigenvalue weighted by Gasteiger charge is -2.33. The molecule has 1 unspecified atom stereocenters. The number of nitrogens with zero attached hydrogens (tertiary/aromatic N) is 2. The monoisotopic (exact) mass is 403 g/mol. The Morgan fingerprint density at radius 2 is 2.04 bits per heavy atom. The van der Waals surface area contributed by atoms with Crippen LogP contribution in [-0.4, -0.2) is 36.8 Å². The molecule has 1 saturated heterocycles. The largest absolute Gasteiger partial charge is 0.329 e. The van der Waals surface area contributed by atoms with E-state index in [9.17, 15) is 8.42 Å². The quantitative estimate of drug-likeness (QED) is 0.850. The maximum absolute atomic E-state index is 13.1. The van der Waals surface area contributed by atoms with Gasteiger partial charge in [-0.2, -0.15) is 4.31 Å². The Kier molecular flexibility index (Phi) is 6.16. The second-order valence-electron chi connectivity index (χ2n) is 7.40. The summed E-state index contributed by atoms with van der Waals surface area (Å²) in [5.74, 6) is 0. The molecule has 3 rings (SSSR count).